The Morgan fingerprint density at radius 3 is 2.56 bits per heavy atom. The smallest absolute Gasteiger partial charge is 0.358 e. The molecule has 16 heavy (non-hydrogen) atoms. The molecule has 1 heterocycles. The molecule has 0 aliphatic rings. The van der Waals surface area contributed by atoms with E-state index in [1.54, 1.807) is 5.32 Å². The minimum absolute atomic E-state index is 0.0700. The molecule has 1 rings (SSSR count). The normalized spacial score (nSPS) is 9.75. The fourth-order valence-electron chi connectivity index (χ4n) is 1.01. The van der Waals surface area contributed by atoms with Gasteiger partial charge in [0.05, 0.1) is 5.69 Å². The lowest BCUT2D eigenvalue weighted by Gasteiger charge is -1.99. The number of imide groups is 1. The minimum Gasteiger partial charge on any atom is -0.476 e. The zero-order valence-electron chi connectivity index (χ0n) is 8.01. The summed E-state index contributed by atoms with van der Waals surface area (Å²) < 4.78 is 0.997. The minimum atomic E-state index is -1.30. The molecule has 0 aromatic carbocycles. The summed E-state index contributed by atoms with van der Waals surface area (Å²) in [6.07, 6.45) is 1.17. The topological polar surface area (TPSA) is 153 Å². The monoisotopic (exact) mass is 227 g/mol. The average Bonchev–Trinajstić information content (AvgIpc) is 2.44. The molecule has 0 aliphatic heterocycles. The number of hydrogen-bond donors (Lipinski definition) is 4. The maximum Gasteiger partial charge on any atom is 0.358 e. The predicted octanol–water partition coefficient (Wildman–Crippen LogP) is -1.64. The van der Waals surface area contributed by atoms with Gasteiger partial charge in [-0.1, -0.05) is 0 Å². The summed E-state index contributed by atoms with van der Waals surface area (Å²) >= 11 is 0. The number of urea groups is 1. The Kier molecular flexibility index (Phi) is 3.09. The third kappa shape index (κ3) is 2.70. The van der Waals surface area contributed by atoms with E-state index in [0.717, 1.165) is 4.68 Å². The van der Waals surface area contributed by atoms with Crippen LogP contribution in [0, 0.1) is 0 Å². The van der Waals surface area contributed by atoms with Gasteiger partial charge in [0.2, 0.25) is 5.91 Å². The van der Waals surface area contributed by atoms with Crippen LogP contribution in [0.4, 0.5) is 10.5 Å². The number of carboxylic acids is 1. The number of rotatable bonds is 3. The van der Waals surface area contributed by atoms with Gasteiger partial charge in [-0.3, -0.25) is 14.8 Å². The van der Waals surface area contributed by atoms with Gasteiger partial charge in [0.1, 0.15) is 6.54 Å². The third-order valence-electron chi connectivity index (χ3n) is 1.56. The maximum atomic E-state index is 11.1. The standard InChI is InChI=1S/C7H9N5O4/c8-3-1-12(11-5(3)6(14)15)2-4(13)10-7(9)16/h1H,2,8H2,(H,14,15)(H3,9,10,13,16). The largest absolute Gasteiger partial charge is 0.476 e. The number of aromatic carboxylic acids is 1. The van der Waals surface area contributed by atoms with Gasteiger partial charge in [0.15, 0.2) is 5.69 Å². The first kappa shape index (κ1) is 11.5. The third-order valence-corrected chi connectivity index (χ3v) is 1.56. The summed E-state index contributed by atoms with van der Waals surface area (Å²) in [4.78, 5) is 31.9. The van der Waals surface area contributed by atoms with Gasteiger partial charge in [-0.25, -0.2) is 9.59 Å². The molecule has 86 valence electrons. The molecule has 1 aromatic rings. The van der Waals surface area contributed by atoms with Crippen LogP contribution in [0.2, 0.25) is 0 Å². The zero-order valence-corrected chi connectivity index (χ0v) is 8.01. The fraction of sp³-hybridized carbons (Fsp3) is 0.143. The second-order valence-electron chi connectivity index (χ2n) is 2.85. The first-order valence-corrected chi connectivity index (χ1v) is 4.05. The number of anilines is 1. The highest BCUT2D eigenvalue weighted by Gasteiger charge is 2.14. The van der Waals surface area contributed by atoms with Crippen molar-refractivity contribution >= 4 is 23.6 Å². The van der Waals surface area contributed by atoms with Crippen molar-refractivity contribution in [3.8, 4) is 0 Å². The molecule has 0 aliphatic carbocycles. The summed E-state index contributed by atoms with van der Waals surface area (Å²) in [5.41, 5.74) is 9.62. The van der Waals surface area contributed by atoms with E-state index in [0.29, 0.717) is 0 Å². The highest BCUT2D eigenvalue weighted by atomic mass is 16.4. The summed E-state index contributed by atoms with van der Waals surface area (Å²) in [5.74, 6) is -2.02. The van der Waals surface area contributed by atoms with Crippen molar-refractivity contribution in [1.29, 1.82) is 0 Å². The van der Waals surface area contributed by atoms with Crippen molar-refractivity contribution in [3.05, 3.63) is 11.9 Å². The number of nitrogens with one attached hydrogen (secondary N) is 1. The Morgan fingerprint density at radius 2 is 2.12 bits per heavy atom. The number of primary amides is 1. The molecule has 0 saturated heterocycles. The maximum absolute atomic E-state index is 11.1. The number of amides is 3. The molecule has 0 saturated carbocycles. The molecule has 0 atom stereocenters. The molecule has 6 N–H and O–H groups in total. The second-order valence-corrected chi connectivity index (χ2v) is 2.85. The van der Waals surface area contributed by atoms with E-state index in [9.17, 15) is 14.4 Å². The molecule has 3 amide bonds. The lowest BCUT2D eigenvalue weighted by atomic mass is 10.4. The van der Waals surface area contributed by atoms with Crippen LogP contribution in [0.5, 0.6) is 0 Å². The van der Waals surface area contributed by atoms with E-state index in [1.165, 1.54) is 6.20 Å². The molecular weight excluding hydrogens is 218 g/mol. The average molecular weight is 227 g/mol. The van der Waals surface area contributed by atoms with Crippen LogP contribution < -0.4 is 16.8 Å². The molecule has 0 spiro atoms. The number of nitrogens with two attached hydrogens (primary N) is 2. The van der Waals surface area contributed by atoms with E-state index >= 15 is 0 Å². The Labute approximate surface area is 89.0 Å². The molecule has 0 fully saturated rings. The number of hydrogen-bond acceptors (Lipinski definition) is 5. The lowest BCUT2D eigenvalue weighted by Crippen LogP contribution is -2.37. The predicted molar refractivity (Wildman–Crippen MR) is 51.3 cm³/mol. The van der Waals surface area contributed by atoms with Crippen LogP contribution >= 0.6 is 0 Å². The number of nitrogen functional groups attached to an aromatic ring is 1. The van der Waals surface area contributed by atoms with Crippen LogP contribution in [-0.2, 0) is 11.3 Å². The van der Waals surface area contributed by atoms with E-state index in [2.05, 4.69) is 5.10 Å². The van der Waals surface area contributed by atoms with Crippen LogP contribution in [-0.4, -0.2) is 32.8 Å². The molecule has 9 heteroatoms. The molecule has 1 aromatic heterocycles. The van der Waals surface area contributed by atoms with Crippen molar-refractivity contribution in [2.45, 2.75) is 6.54 Å². The lowest BCUT2D eigenvalue weighted by molar-refractivity contribution is -0.120. The van der Waals surface area contributed by atoms with Gasteiger partial charge in [-0.2, -0.15) is 5.10 Å². The number of nitrogens with zero attached hydrogens (tertiary/aromatic N) is 2. The fourth-order valence-corrected chi connectivity index (χ4v) is 1.01. The quantitative estimate of drug-likeness (QED) is 0.485. The van der Waals surface area contributed by atoms with Crippen molar-refractivity contribution < 1.29 is 19.5 Å². The highest BCUT2D eigenvalue weighted by molar-refractivity contribution is 5.94. The van der Waals surface area contributed by atoms with Crippen LogP contribution in [0.15, 0.2) is 6.20 Å². The molecule has 0 radical (unpaired) electrons. The molecule has 0 unspecified atom stereocenters. The van der Waals surface area contributed by atoms with Gasteiger partial charge in [-0.05, 0) is 0 Å². The van der Waals surface area contributed by atoms with Gasteiger partial charge in [0.25, 0.3) is 0 Å². The first-order chi connectivity index (χ1) is 7.40. The first-order valence-electron chi connectivity index (χ1n) is 4.05. The SMILES string of the molecule is NC(=O)NC(=O)Cn1cc(N)c(C(=O)O)n1. The van der Waals surface area contributed by atoms with Gasteiger partial charge >= 0.3 is 12.0 Å². The zero-order chi connectivity index (χ0) is 12.3. The Balaban J connectivity index is 2.75. The molecule has 0 bridgehead atoms. The van der Waals surface area contributed by atoms with Gasteiger partial charge in [0, 0.05) is 6.20 Å². The number of carboxylic acid groups (broad SMARTS) is 1. The van der Waals surface area contributed by atoms with Crippen molar-refractivity contribution in [2.24, 2.45) is 5.73 Å². The highest BCUT2D eigenvalue weighted by Crippen LogP contribution is 2.08. The number of carbonyl (C=O) groups excluding carboxylic acids is 2. The molecule has 9 nitrogen and oxygen atoms in total. The summed E-state index contributed by atoms with van der Waals surface area (Å²) in [7, 11) is 0. The summed E-state index contributed by atoms with van der Waals surface area (Å²) in [5, 5.41) is 14.0. The van der Waals surface area contributed by atoms with E-state index in [1.807, 2.05) is 0 Å². The second kappa shape index (κ2) is 4.29. The summed E-state index contributed by atoms with van der Waals surface area (Å²) in [6, 6.07) is -0.997. The number of aromatic nitrogens is 2. The number of carbonyl (C=O) groups is 3. The molecular formula is C7H9N5O4. The van der Waals surface area contributed by atoms with E-state index in [-0.39, 0.29) is 17.9 Å². The van der Waals surface area contributed by atoms with Gasteiger partial charge < -0.3 is 16.6 Å². The Bertz CT molecular complexity index is 452. The van der Waals surface area contributed by atoms with E-state index in [4.69, 9.17) is 16.6 Å². The van der Waals surface area contributed by atoms with Crippen LogP contribution in [0.3, 0.4) is 0 Å². The van der Waals surface area contributed by atoms with Crippen molar-refractivity contribution in [2.75, 3.05) is 5.73 Å². The van der Waals surface area contributed by atoms with Crippen LogP contribution in [0.1, 0.15) is 10.5 Å². The Morgan fingerprint density at radius 1 is 1.50 bits per heavy atom. The van der Waals surface area contributed by atoms with Crippen molar-refractivity contribution in [3.63, 3.8) is 0 Å². The van der Waals surface area contributed by atoms with Gasteiger partial charge in [-0.15, -0.1) is 0 Å². The Hall–Kier alpha value is -2.58. The van der Waals surface area contributed by atoms with Crippen LogP contribution in [0.25, 0.3) is 0 Å². The van der Waals surface area contributed by atoms with Crippen molar-refractivity contribution in [1.82, 2.24) is 15.1 Å². The summed E-state index contributed by atoms with van der Waals surface area (Å²) in [6.45, 7) is -0.347. The van der Waals surface area contributed by atoms with E-state index < -0.39 is 17.9 Å².